The average Bonchev–Trinajstić information content (AvgIpc) is 2.72. The molecule has 0 radical (unpaired) electrons. The van der Waals surface area contributed by atoms with Crippen LogP contribution in [0.3, 0.4) is 0 Å². The first-order chi connectivity index (χ1) is 14.3. The largest absolute Gasteiger partial charge is 0.387 e. The van der Waals surface area contributed by atoms with Crippen LogP contribution in [0.15, 0.2) is 59.4 Å². The van der Waals surface area contributed by atoms with Crippen LogP contribution in [0.4, 0.5) is 5.69 Å². The van der Waals surface area contributed by atoms with Gasteiger partial charge < -0.3 is 10.4 Å². The van der Waals surface area contributed by atoms with Gasteiger partial charge in [0.1, 0.15) is 0 Å². The van der Waals surface area contributed by atoms with E-state index in [-0.39, 0.29) is 17.9 Å². The molecule has 0 saturated heterocycles. The van der Waals surface area contributed by atoms with Crippen LogP contribution in [0.2, 0.25) is 5.02 Å². The molecule has 2 aromatic carbocycles. The zero-order chi connectivity index (χ0) is 21.8. The predicted octanol–water partition coefficient (Wildman–Crippen LogP) is 2.57. The van der Waals surface area contributed by atoms with Crippen LogP contribution in [0, 0.1) is 17.0 Å². The van der Waals surface area contributed by atoms with E-state index in [1.54, 1.807) is 31.2 Å². The number of aromatic nitrogens is 2. The van der Waals surface area contributed by atoms with E-state index in [0.29, 0.717) is 22.0 Å². The van der Waals surface area contributed by atoms with Crippen LogP contribution in [0.25, 0.3) is 5.69 Å². The number of aliphatic hydroxyl groups excluding tert-OH is 1. The van der Waals surface area contributed by atoms with Gasteiger partial charge in [-0.25, -0.2) is 4.68 Å². The third-order valence-electron chi connectivity index (χ3n) is 4.35. The molecule has 0 aliphatic carbocycles. The third kappa shape index (κ3) is 4.53. The summed E-state index contributed by atoms with van der Waals surface area (Å²) in [5.74, 6) is -0.762. The predicted molar refractivity (Wildman–Crippen MR) is 110 cm³/mol. The summed E-state index contributed by atoms with van der Waals surface area (Å²) >= 11 is 6.19. The highest BCUT2D eigenvalue weighted by Crippen LogP contribution is 2.20. The molecule has 0 spiro atoms. The Labute approximate surface area is 175 Å². The topological polar surface area (TPSA) is 127 Å². The van der Waals surface area contributed by atoms with Crippen molar-refractivity contribution in [2.45, 2.75) is 13.0 Å². The molecule has 10 heteroatoms. The highest BCUT2D eigenvalue weighted by molar-refractivity contribution is 6.32. The third-order valence-corrected chi connectivity index (χ3v) is 4.67. The highest BCUT2D eigenvalue weighted by Gasteiger charge is 2.18. The lowest BCUT2D eigenvalue weighted by atomic mass is 10.1. The number of hydrogen-bond acceptors (Lipinski definition) is 6. The number of halogens is 1. The number of aliphatic hydroxyl groups is 1. The van der Waals surface area contributed by atoms with Crippen LogP contribution in [-0.4, -0.2) is 32.3 Å². The van der Waals surface area contributed by atoms with Crippen LogP contribution in [0.5, 0.6) is 0 Å². The number of nitrogens with one attached hydrogen (secondary N) is 1. The molecule has 3 rings (SSSR count). The molecule has 0 unspecified atom stereocenters. The zero-order valence-corrected chi connectivity index (χ0v) is 16.5. The maximum Gasteiger partial charge on any atom is 0.275 e. The van der Waals surface area contributed by atoms with Gasteiger partial charge in [-0.2, -0.15) is 5.10 Å². The molecule has 0 fully saturated rings. The summed E-state index contributed by atoms with van der Waals surface area (Å²) in [6.45, 7) is 1.45. The van der Waals surface area contributed by atoms with E-state index in [4.69, 9.17) is 11.6 Å². The lowest BCUT2D eigenvalue weighted by Gasteiger charge is -2.14. The van der Waals surface area contributed by atoms with Crippen molar-refractivity contribution >= 4 is 23.2 Å². The molecule has 30 heavy (non-hydrogen) atoms. The van der Waals surface area contributed by atoms with Crippen molar-refractivity contribution in [2.75, 3.05) is 6.54 Å². The summed E-state index contributed by atoms with van der Waals surface area (Å²) in [7, 11) is 0. The first-order valence-corrected chi connectivity index (χ1v) is 9.22. The number of nitro groups is 1. The SMILES string of the molecule is Cc1cc(=O)c(C(=O)NC[C@@H](O)c2ccc([N+](=O)[O-])cc2)nn1-c1ccccc1Cl. The fraction of sp³-hybridized carbons (Fsp3) is 0.150. The lowest BCUT2D eigenvalue weighted by Crippen LogP contribution is -2.34. The number of hydrogen-bond donors (Lipinski definition) is 2. The van der Waals surface area contributed by atoms with Crippen molar-refractivity contribution in [2.24, 2.45) is 0 Å². The van der Waals surface area contributed by atoms with E-state index in [1.165, 1.54) is 35.0 Å². The molecule has 1 aromatic heterocycles. The smallest absolute Gasteiger partial charge is 0.275 e. The van der Waals surface area contributed by atoms with Gasteiger partial charge in [-0.1, -0.05) is 23.7 Å². The molecule has 0 bridgehead atoms. The summed E-state index contributed by atoms with van der Waals surface area (Å²) in [5.41, 5.74) is 0.354. The quantitative estimate of drug-likeness (QED) is 0.458. The zero-order valence-electron chi connectivity index (χ0n) is 15.8. The van der Waals surface area contributed by atoms with Crippen molar-refractivity contribution < 1.29 is 14.8 Å². The number of para-hydroxylation sites is 1. The summed E-state index contributed by atoms with van der Waals surface area (Å²) in [4.78, 5) is 34.9. The maximum atomic E-state index is 12.5. The Morgan fingerprint density at radius 1 is 1.27 bits per heavy atom. The molecular formula is C20H17ClN4O5. The van der Waals surface area contributed by atoms with Crippen molar-refractivity contribution in [3.8, 4) is 5.69 Å². The Morgan fingerprint density at radius 3 is 2.57 bits per heavy atom. The Hall–Kier alpha value is -3.56. The fourth-order valence-corrected chi connectivity index (χ4v) is 3.00. The minimum Gasteiger partial charge on any atom is -0.387 e. The Balaban J connectivity index is 1.78. The number of carbonyl (C=O) groups is 1. The number of rotatable bonds is 6. The molecule has 2 N–H and O–H groups in total. The van der Waals surface area contributed by atoms with Crippen molar-refractivity contribution in [1.82, 2.24) is 15.1 Å². The second kappa shape index (κ2) is 8.85. The first-order valence-electron chi connectivity index (χ1n) is 8.84. The number of amides is 1. The van der Waals surface area contributed by atoms with Crippen LogP contribution in [-0.2, 0) is 0 Å². The summed E-state index contributed by atoms with van der Waals surface area (Å²) in [5, 5.41) is 27.9. The van der Waals surface area contributed by atoms with Crippen molar-refractivity contribution in [1.29, 1.82) is 0 Å². The average molecular weight is 429 g/mol. The van der Waals surface area contributed by atoms with E-state index in [2.05, 4.69) is 10.4 Å². The molecular weight excluding hydrogens is 412 g/mol. The molecule has 0 aliphatic heterocycles. The number of non-ortho nitro benzene ring substituents is 1. The fourth-order valence-electron chi connectivity index (χ4n) is 2.78. The monoisotopic (exact) mass is 428 g/mol. The Morgan fingerprint density at radius 2 is 1.93 bits per heavy atom. The number of benzene rings is 2. The second-order valence-corrected chi connectivity index (χ2v) is 6.84. The number of nitro benzene ring substituents is 1. The molecule has 3 aromatic rings. The lowest BCUT2D eigenvalue weighted by molar-refractivity contribution is -0.384. The minimum absolute atomic E-state index is 0.112. The molecule has 1 heterocycles. The van der Waals surface area contributed by atoms with Crippen molar-refractivity contribution in [3.05, 3.63) is 96.9 Å². The standard InChI is InChI=1S/C20H17ClN4O5/c1-12-10-17(26)19(23-24(12)16-5-3-2-4-15(16)21)20(28)22-11-18(27)13-6-8-14(9-7-13)25(29)30/h2-10,18,27H,11H2,1H3,(H,22,28)/t18-/m1/s1. The van der Waals surface area contributed by atoms with E-state index >= 15 is 0 Å². The summed E-state index contributed by atoms with van der Waals surface area (Å²) in [6, 6.07) is 13.4. The first kappa shape index (κ1) is 21.2. The molecule has 154 valence electrons. The van der Waals surface area contributed by atoms with Gasteiger partial charge in [0.25, 0.3) is 11.6 Å². The number of nitrogens with zero attached hydrogens (tertiary/aromatic N) is 3. The van der Waals surface area contributed by atoms with Gasteiger partial charge in [0.05, 0.1) is 21.7 Å². The molecule has 0 saturated carbocycles. The van der Waals surface area contributed by atoms with Crippen LogP contribution < -0.4 is 10.7 Å². The maximum absolute atomic E-state index is 12.5. The number of carbonyl (C=O) groups excluding carboxylic acids is 1. The van der Waals surface area contributed by atoms with E-state index in [9.17, 15) is 24.8 Å². The minimum atomic E-state index is -1.12. The molecule has 1 amide bonds. The number of aryl methyl sites for hydroxylation is 1. The van der Waals surface area contributed by atoms with Crippen molar-refractivity contribution in [3.63, 3.8) is 0 Å². The second-order valence-electron chi connectivity index (χ2n) is 6.44. The van der Waals surface area contributed by atoms with E-state index in [0.717, 1.165) is 0 Å². The summed E-state index contributed by atoms with van der Waals surface area (Å²) in [6.07, 6.45) is -1.12. The molecule has 9 nitrogen and oxygen atoms in total. The van der Waals surface area contributed by atoms with Crippen LogP contribution in [0.1, 0.15) is 27.8 Å². The van der Waals surface area contributed by atoms with E-state index in [1.807, 2.05) is 0 Å². The van der Waals surface area contributed by atoms with Gasteiger partial charge in [-0.15, -0.1) is 0 Å². The van der Waals surface area contributed by atoms with Gasteiger partial charge in [0.2, 0.25) is 5.43 Å². The normalized spacial score (nSPS) is 11.7. The van der Waals surface area contributed by atoms with Gasteiger partial charge in [0, 0.05) is 30.4 Å². The Bertz CT molecular complexity index is 1160. The molecule has 0 aliphatic rings. The van der Waals surface area contributed by atoms with Gasteiger partial charge in [0.15, 0.2) is 5.69 Å². The van der Waals surface area contributed by atoms with E-state index < -0.39 is 22.4 Å². The van der Waals surface area contributed by atoms with Gasteiger partial charge in [-0.05, 0) is 36.8 Å². The van der Waals surface area contributed by atoms with Gasteiger partial charge >= 0.3 is 0 Å². The Kier molecular flexibility index (Phi) is 6.24. The molecule has 1 atom stereocenters. The summed E-state index contributed by atoms with van der Waals surface area (Å²) < 4.78 is 1.39. The van der Waals surface area contributed by atoms with Crippen LogP contribution >= 0.6 is 11.6 Å². The highest BCUT2D eigenvalue weighted by atomic mass is 35.5. The van der Waals surface area contributed by atoms with Gasteiger partial charge in [-0.3, -0.25) is 19.7 Å².